The molecule has 3 nitrogen and oxygen atoms in total. The van der Waals surface area contributed by atoms with Crippen LogP contribution in [0.5, 0.6) is 0 Å². The first-order valence-corrected chi connectivity index (χ1v) is 4.51. The van der Waals surface area contributed by atoms with Crippen LogP contribution in [-0.2, 0) is 13.0 Å². The lowest BCUT2D eigenvalue weighted by Crippen LogP contribution is -2.23. The topological polar surface area (TPSA) is 38.1 Å². The zero-order chi connectivity index (χ0) is 8.67. The van der Waals surface area contributed by atoms with Crippen molar-refractivity contribution < 1.29 is 4.52 Å². The van der Waals surface area contributed by atoms with Crippen molar-refractivity contribution in [2.24, 2.45) is 0 Å². The first-order valence-electron chi connectivity index (χ1n) is 4.51. The van der Waals surface area contributed by atoms with Crippen LogP contribution in [0.25, 0.3) is 11.0 Å². The minimum absolute atomic E-state index is 0.891. The van der Waals surface area contributed by atoms with Gasteiger partial charge < -0.3 is 9.84 Å². The first-order chi connectivity index (χ1) is 6.45. The van der Waals surface area contributed by atoms with Gasteiger partial charge in [-0.15, -0.1) is 0 Å². The molecular formula is C10H10N2O. The summed E-state index contributed by atoms with van der Waals surface area (Å²) < 4.78 is 5.11. The van der Waals surface area contributed by atoms with Crippen LogP contribution in [0.3, 0.4) is 0 Å². The lowest BCUT2D eigenvalue weighted by Gasteiger charge is -2.16. The molecule has 13 heavy (non-hydrogen) atoms. The van der Waals surface area contributed by atoms with Gasteiger partial charge >= 0.3 is 0 Å². The van der Waals surface area contributed by atoms with E-state index in [4.69, 9.17) is 4.52 Å². The van der Waals surface area contributed by atoms with Crippen molar-refractivity contribution in [2.75, 3.05) is 6.54 Å². The van der Waals surface area contributed by atoms with Crippen molar-refractivity contribution in [2.45, 2.75) is 13.0 Å². The van der Waals surface area contributed by atoms with Crippen molar-refractivity contribution in [1.29, 1.82) is 0 Å². The van der Waals surface area contributed by atoms with Crippen molar-refractivity contribution in [3.8, 4) is 0 Å². The fourth-order valence-electron chi connectivity index (χ4n) is 1.92. The molecule has 0 unspecified atom stereocenters. The van der Waals surface area contributed by atoms with E-state index in [2.05, 4.69) is 16.5 Å². The minimum Gasteiger partial charge on any atom is -0.356 e. The monoisotopic (exact) mass is 174 g/mol. The zero-order valence-corrected chi connectivity index (χ0v) is 7.21. The highest BCUT2D eigenvalue weighted by Crippen LogP contribution is 2.24. The van der Waals surface area contributed by atoms with Gasteiger partial charge in [0.2, 0.25) is 0 Å². The van der Waals surface area contributed by atoms with Crippen LogP contribution in [-0.4, -0.2) is 11.7 Å². The molecule has 0 aliphatic carbocycles. The molecule has 0 saturated heterocycles. The van der Waals surface area contributed by atoms with E-state index in [0.29, 0.717) is 0 Å². The molecular weight excluding hydrogens is 164 g/mol. The van der Waals surface area contributed by atoms with Gasteiger partial charge in [0.15, 0.2) is 5.58 Å². The summed E-state index contributed by atoms with van der Waals surface area (Å²) in [4.78, 5) is 0. The molecule has 1 aliphatic heterocycles. The number of fused-ring (bicyclic) bond motifs is 3. The minimum atomic E-state index is 0.891. The summed E-state index contributed by atoms with van der Waals surface area (Å²) in [6, 6.07) is 4.15. The molecule has 0 atom stereocenters. The van der Waals surface area contributed by atoms with Crippen LogP contribution >= 0.6 is 0 Å². The molecule has 1 aromatic heterocycles. The van der Waals surface area contributed by atoms with E-state index >= 15 is 0 Å². The number of nitrogens with one attached hydrogen (secondary N) is 1. The third-order valence-electron chi connectivity index (χ3n) is 2.62. The van der Waals surface area contributed by atoms with Crippen molar-refractivity contribution >= 4 is 11.0 Å². The van der Waals surface area contributed by atoms with Gasteiger partial charge in [0.1, 0.15) is 0 Å². The van der Waals surface area contributed by atoms with Crippen molar-refractivity contribution in [3.05, 3.63) is 29.5 Å². The number of rotatable bonds is 0. The second-order valence-electron chi connectivity index (χ2n) is 3.37. The first kappa shape index (κ1) is 7.09. The summed E-state index contributed by atoms with van der Waals surface area (Å²) >= 11 is 0. The molecule has 1 aromatic carbocycles. The van der Waals surface area contributed by atoms with E-state index in [0.717, 1.165) is 30.5 Å². The van der Waals surface area contributed by atoms with Gasteiger partial charge in [-0.25, -0.2) is 0 Å². The Hall–Kier alpha value is -1.35. The fourth-order valence-corrected chi connectivity index (χ4v) is 1.92. The van der Waals surface area contributed by atoms with Gasteiger partial charge in [-0.1, -0.05) is 11.2 Å². The molecule has 3 rings (SSSR count). The average molecular weight is 174 g/mol. The Morgan fingerprint density at radius 3 is 3.38 bits per heavy atom. The Morgan fingerprint density at radius 1 is 1.38 bits per heavy atom. The smallest absolute Gasteiger partial charge is 0.167 e. The molecule has 0 saturated carbocycles. The lowest BCUT2D eigenvalue weighted by atomic mass is 9.98. The summed E-state index contributed by atoms with van der Waals surface area (Å²) in [7, 11) is 0. The molecule has 0 radical (unpaired) electrons. The van der Waals surface area contributed by atoms with E-state index in [1.54, 1.807) is 6.20 Å². The van der Waals surface area contributed by atoms with E-state index in [1.807, 2.05) is 6.07 Å². The van der Waals surface area contributed by atoms with Crippen LogP contribution in [0.15, 0.2) is 22.9 Å². The number of aromatic nitrogens is 1. The molecule has 2 heterocycles. The molecule has 0 spiro atoms. The van der Waals surface area contributed by atoms with Gasteiger partial charge in [-0.3, -0.25) is 0 Å². The number of nitrogens with zero attached hydrogens (tertiary/aromatic N) is 1. The average Bonchev–Trinajstić information content (AvgIpc) is 2.65. The fraction of sp³-hybridized carbons (Fsp3) is 0.300. The van der Waals surface area contributed by atoms with Gasteiger partial charge in [0, 0.05) is 11.9 Å². The van der Waals surface area contributed by atoms with Crippen LogP contribution in [0.2, 0.25) is 0 Å². The van der Waals surface area contributed by atoms with E-state index in [-0.39, 0.29) is 0 Å². The Morgan fingerprint density at radius 2 is 2.38 bits per heavy atom. The summed E-state index contributed by atoms with van der Waals surface area (Å²) in [5.41, 5.74) is 3.67. The molecule has 2 aromatic rings. The second kappa shape index (κ2) is 2.57. The highest BCUT2D eigenvalue weighted by atomic mass is 16.5. The molecule has 0 amide bonds. The summed E-state index contributed by atoms with van der Waals surface area (Å²) in [5.74, 6) is 0. The maximum Gasteiger partial charge on any atom is 0.167 e. The largest absolute Gasteiger partial charge is 0.356 e. The van der Waals surface area contributed by atoms with Crippen LogP contribution in [0.1, 0.15) is 11.1 Å². The second-order valence-corrected chi connectivity index (χ2v) is 3.37. The Kier molecular flexibility index (Phi) is 1.40. The molecule has 1 aliphatic rings. The lowest BCUT2D eigenvalue weighted by molar-refractivity contribution is 0.456. The molecule has 3 heteroatoms. The number of benzene rings is 1. The molecule has 66 valence electrons. The predicted molar refractivity (Wildman–Crippen MR) is 49.4 cm³/mol. The summed E-state index contributed by atoms with van der Waals surface area (Å²) in [6.07, 6.45) is 2.91. The SMILES string of the molecule is c1cc2oncc2c2c1CCNC2. The van der Waals surface area contributed by atoms with Crippen LogP contribution in [0, 0.1) is 0 Å². The highest BCUT2D eigenvalue weighted by molar-refractivity contribution is 5.81. The van der Waals surface area contributed by atoms with Gasteiger partial charge in [0.05, 0.1) is 6.20 Å². The Balaban J connectivity index is 2.34. The Labute approximate surface area is 75.7 Å². The maximum absolute atomic E-state index is 5.11. The quantitative estimate of drug-likeness (QED) is 0.657. The van der Waals surface area contributed by atoms with Crippen molar-refractivity contribution in [3.63, 3.8) is 0 Å². The van der Waals surface area contributed by atoms with E-state index in [1.165, 1.54) is 11.1 Å². The zero-order valence-electron chi connectivity index (χ0n) is 7.21. The maximum atomic E-state index is 5.11. The highest BCUT2D eigenvalue weighted by Gasteiger charge is 2.13. The number of hydrogen-bond donors (Lipinski definition) is 1. The standard InChI is InChI=1S/C10H10N2O/c1-2-10-9(6-12-13-10)8-5-11-4-3-7(1)8/h1-2,6,11H,3-5H2. The normalized spacial score (nSPS) is 16.0. The molecule has 0 fully saturated rings. The third kappa shape index (κ3) is 0.971. The summed E-state index contributed by atoms with van der Waals surface area (Å²) in [5, 5.41) is 8.32. The van der Waals surface area contributed by atoms with E-state index < -0.39 is 0 Å². The van der Waals surface area contributed by atoms with Gasteiger partial charge in [-0.05, 0) is 30.2 Å². The van der Waals surface area contributed by atoms with Crippen molar-refractivity contribution in [1.82, 2.24) is 10.5 Å². The predicted octanol–water partition coefficient (Wildman–Crippen LogP) is 1.47. The molecule has 1 N–H and O–H groups in total. The van der Waals surface area contributed by atoms with Gasteiger partial charge in [-0.2, -0.15) is 0 Å². The van der Waals surface area contributed by atoms with Gasteiger partial charge in [0.25, 0.3) is 0 Å². The molecule has 0 bridgehead atoms. The van der Waals surface area contributed by atoms with Crippen LogP contribution < -0.4 is 5.32 Å². The third-order valence-corrected chi connectivity index (χ3v) is 2.62. The van der Waals surface area contributed by atoms with E-state index in [9.17, 15) is 0 Å². The number of hydrogen-bond acceptors (Lipinski definition) is 3. The van der Waals surface area contributed by atoms with Crippen LogP contribution in [0.4, 0.5) is 0 Å². The Bertz CT molecular complexity index is 447. The summed E-state index contributed by atoms with van der Waals surface area (Å²) in [6.45, 7) is 2.01.